The minimum Gasteiger partial charge on any atom is -0.507 e. The first-order chi connectivity index (χ1) is 23.4. The summed E-state index contributed by atoms with van der Waals surface area (Å²) in [5.41, 5.74) is 4.40. The SMILES string of the molecule is Cc1ccccc1COc1ccc(C(O)=C2C(=O)C(=O)N(c3nnc(SCc4cccc5ccccc45)s3)C2c2ccc(Br)cc2)cc1. The van der Waals surface area contributed by atoms with Crippen molar-refractivity contribution in [2.24, 2.45) is 0 Å². The van der Waals surface area contributed by atoms with Crippen LogP contribution in [0.1, 0.15) is 33.9 Å². The molecule has 0 spiro atoms. The van der Waals surface area contributed by atoms with Crippen molar-refractivity contribution in [2.75, 3.05) is 4.90 Å². The Hall–Kier alpha value is -4.77. The predicted octanol–water partition coefficient (Wildman–Crippen LogP) is 9.26. The molecule has 1 aliphatic heterocycles. The van der Waals surface area contributed by atoms with Gasteiger partial charge in [0.15, 0.2) is 4.34 Å². The second-order valence-electron chi connectivity index (χ2n) is 11.2. The van der Waals surface area contributed by atoms with E-state index < -0.39 is 17.7 Å². The normalized spacial score (nSPS) is 15.7. The molecule has 1 atom stereocenters. The van der Waals surface area contributed by atoms with Gasteiger partial charge in [-0.05, 0) is 76.3 Å². The number of anilines is 1. The van der Waals surface area contributed by atoms with Gasteiger partial charge in [-0.1, -0.05) is 118 Å². The average Bonchev–Trinajstić information content (AvgIpc) is 3.68. The van der Waals surface area contributed by atoms with Gasteiger partial charge in [0.2, 0.25) is 5.13 Å². The lowest BCUT2D eigenvalue weighted by Gasteiger charge is -2.22. The van der Waals surface area contributed by atoms with E-state index in [4.69, 9.17) is 4.74 Å². The third kappa shape index (κ3) is 6.38. The number of ketones is 1. The largest absolute Gasteiger partial charge is 0.507 e. The third-order valence-electron chi connectivity index (χ3n) is 8.25. The topological polar surface area (TPSA) is 92.6 Å². The lowest BCUT2D eigenvalue weighted by molar-refractivity contribution is -0.132. The second-order valence-corrected chi connectivity index (χ2v) is 14.3. The first kappa shape index (κ1) is 31.8. The Balaban J connectivity index is 1.18. The zero-order valence-corrected chi connectivity index (χ0v) is 28.9. The highest BCUT2D eigenvalue weighted by molar-refractivity contribution is 9.10. The molecule has 1 saturated heterocycles. The number of hydrogen-bond donors (Lipinski definition) is 1. The monoisotopic (exact) mass is 733 g/mol. The van der Waals surface area contributed by atoms with Gasteiger partial charge in [-0.3, -0.25) is 14.5 Å². The van der Waals surface area contributed by atoms with Crippen molar-refractivity contribution < 1.29 is 19.4 Å². The molecule has 10 heteroatoms. The number of thioether (sulfide) groups is 1. The molecule has 1 N–H and O–H groups in total. The predicted molar refractivity (Wildman–Crippen MR) is 194 cm³/mol. The van der Waals surface area contributed by atoms with Crippen molar-refractivity contribution in [3.63, 3.8) is 0 Å². The van der Waals surface area contributed by atoms with E-state index in [9.17, 15) is 14.7 Å². The Morgan fingerprint density at radius 1 is 0.875 bits per heavy atom. The van der Waals surface area contributed by atoms with Gasteiger partial charge in [0, 0.05) is 15.8 Å². The maximum Gasteiger partial charge on any atom is 0.301 e. The number of nitrogens with zero attached hydrogens (tertiary/aromatic N) is 3. The molecule has 1 aromatic heterocycles. The maximum atomic E-state index is 13.7. The van der Waals surface area contributed by atoms with Gasteiger partial charge in [-0.2, -0.15) is 0 Å². The van der Waals surface area contributed by atoms with Gasteiger partial charge < -0.3 is 9.84 Å². The van der Waals surface area contributed by atoms with E-state index >= 15 is 0 Å². The van der Waals surface area contributed by atoms with Crippen molar-refractivity contribution in [1.82, 2.24) is 10.2 Å². The molecule has 2 heterocycles. The van der Waals surface area contributed by atoms with E-state index in [1.54, 1.807) is 24.3 Å². The fourth-order valence-electron chi connectivity index (χ4n) is 5.70. The minimum atomic E-state index is -0.904. The number of carbonyl (C=O) groups excluding carboxylic acids is 2. The van der Waals surface area contributed by atoms with Crippen molar-refractivity contribution in [3.8, 4) is 5.75 Å². The third-order valence-corrected chi connectivity index (χ3v) is 10.9. The van der Waals surface area contributed by atoms with Crippen LogP contribution in [0.5, 0.6) is 5.75 Å². The molecule has 0 saturated carbocycles. The number of halogens is 1. The Kier molecular flexibility index (Phi) is 9.12. The van der Waals surface area contributed by atoms with Crippen LogP contribution in [-0.4, -0.2) is 27.0 Å². The fourth-order valence-corrected chi connectivity index (χ4v) is 7.84. The molecule has 0 radical (unpaired) electrons. The molecular formula is C38H28BrN3O4S2. The van der Waals surface area contributed by atoms with Gasteiger partial charge in [-0.15, -0.1) is 10.2 Å². The number of benzene rings is 5. The van der Waals surface area contributed by atoms with Crippen LogP contribution in [0, 0.1) is 6.92 Å². The van der Waals surface area contributed by atoms with Crippen molar-refractivity contribution >= 4 is 72.4 Å². The van der Waals surface area contributed by atoms with Crippen molar-refractivity contribution in [2.45, 2.75) is 29.7 Å². The Morgan fingerprint density at radius 3 is 2.38 bits per heavy atom. The molecule has 48 heavy (non-hydrogen) atoms. The first-order valence-electron chi connectivity index (χ1n) is 15.1. The van der Waals surface area contributed by atoms with Crippen LogP contribution in [0.4, 0.5) is 5.13 Å². The molecule has 1 unspecified atom stereocenters. The molecule has 238 valence electrons. The second kappa shape index (κ2) is 13.8. The van der Waals surface area contributed by atoms with Crippen LogP contribution in [-0.2, 0) is 21.9 Å². The van der Waals surface area contributed by atoms with Crippen LogP contribution >= 0.6 is 39.0 Å². The van der Waals surface area contributed by atoms with E-state index in [-0.39, 0.29) is 16.5 Å². The molecule has 0 bridgehead atoms. The van der Waals surface area contributed by atoms with Crippen LogP contribution < -0.4 is 9.64 Å². The summed E-state index contributed by atoms with van der Waals surface area (Å²) in [7, 11) is 0. The van der Waals surface area contributed by atoms with Crippen LogP contribution in [0.3, 0.4) is 0 Å². The van der Waals surface area contributed by atoms with Crippen LogP contribution in [0.2, 0.25) is 0 Å². The van der Waals surface area contributed by atoms with Crippen molar-refractivity contribution in [3.05, 3.63) is 153 Å². The summed E-state index contributed by atoms with van der Waals surface area (Å²) in [4.78, 5) is 28.7. The first-order valence-corrected chi connectivity index (χ1v) is 17.7. The van der Waals surface area contributed by atoms with E-state index in [1.807, 2.05) is 73.7 Å². The maximum absolute atomic E-state index is 13.7. The summed E-state index contributed by atoms with van der Waals surface area (Å²) in [6, 6.07) is 35.7. The Morgan fingerprint density at radius 2 is 1.58 bits per heavy atom. The number of carbonyl (C=O) groups is 2. The molecule has 1 fully saturated rings. The van der Waals surface area contributed by atoms with E-state index in [1.165, 1.54) is 33.4 Å². The average molecular weight is 735 g/mol. The molecule has 1 aliphatic rings. The molecule has 6 aromatic rings. The fraction of sp³-hybridized carbons (Fsp3) is 0.105. The highest BCUT2D eigenvalue weighted by Gasteiger charge is 2.48. The number of amides is 1. The van der Waals surface area contributed by atoms with Crippen LogP contribution in [0.15, 0.2) is 130 Å². The highest BCUT2D eigenvalue weighted by Crippen LogP contribution is 2.44. The number of aromatic nitrogens is 2. The number of aryl methyl sites for hydroxylation is 1. The zero-order valence-electron chi connectivity index (χ0n) is 25.7. The summed E-state index contributed by atoms with van der Waals surface area (Å²) in [6.07, 6.45) is 0. The molecule has 7 nitrogen and oxygen atoms in total. The van der Waals surface area contributed by atoms with E-state index in [0.717, 1.165) is 26.5 Å². The minimum absolute atomic E-state index is 0.0175. The molecule has 0 aliphatic carbocycles. The molecule has 1 amide bonds. The highest BCUT2D eigenvalue weighted by atomic mass is 79.9. The van der Waals surface area contributed by atoms with Gasteiger partial charge in [0.25, 0.3) is 5.78 Å². The number of fused-ring (bicyclic) bond motifs is 1. The number of Topliss-reactive ketones (excluding diaryl/α,β-unsaturated/α-hetero) is 1. The lowest BCUT2D eigenvalue weighted by atomic mass is 9.95. The Bertz CT molecular complexity index is 2180. The quantitative estimate of drug-likeness (QED) is 0.0521. The van der Waals surface area contributed by atoms with E-state index in [2.05, 4.69) is 50.4 Å². The van der Waals surface area contributed by atoms with E-state index in [0.29, 0.717) is 33.6 Å². The molecular weight excluding hydrogens is 706 g/mol. The molecule has 7 rings (SSSR count). The van der Waals surface area contributed by atoms with Gasteiger partial charge in [0.1, 0.15) is 18.1 Å². The van der Waals surface area contributed by atoms with Crippen LogP contribution in [0.25, 0.3) is 16.5 Å². The summed E-state index contributed by atoms with van der Waals surface area (Å²) < 4.78 is 7.47. The van der Waals surface area contributed by atoms with Crippen molar-refractivity contribution in [1.29, 1.82) is 0 Å². The van der Waals surface area contributed by atoms with Gasteiger partial charge >= 0.3 is 5.91 Å². The zero-order chi connectivity index (χ0) is 33.2. The number of hydrogen-bond acceptors (Lipinski definition) is 8. The number of aliphatic hydroxyl groups excluding tert-OH is 1. The van der Waals surface area contributed by atoms with Gasteiger partial charge in [-0.25, -0.2) is 0 Å². The number of aliphatic hydroxyl groups is 1. The number of ether oxygens (including phenoxy) is 1. The summed E-state index contributed by atoms with van der Waals surface area (Å²) in [5, 5.41) is 22.9. The summed E-state index contributed by atoms with van der Waals surface area (Å²) >= 11 is 6.23. The standard InChI is InChI=1S/C38H28BrN3O4S2/c1-23-7-2-3-9-27(23)21-46-30-19-15-26(16-20-30)34(43)32-33(25-13-17-29(39)18-14-25)42(36(45)35(32)44)37-40-41-38(48-37)47-22-28-11-6-10-24-8-4-5-12-31(24)28/h2-20,33,43H,21-22H2,1H3. The summed E-state index contributed by atoms with van der Waals surface area (Å²) in [5.74, 6) is -0.563. The molecule has 5 aromatic carbocycles. The van der Waals surface area contributed by atoms with Gasteiger partial charge in [0.05, 0.1) is 11.6 Å². The Labute approximate surface area is 294 Å². The summed E-state index contributed by atoms with van der Waals surface area (Å²) in [6.45, 7) is 2.43. The lowest BCUT2D eigenvalue weighted by Crippen LogP contribution is -2.29. The smallest absolute Gasteiger partial charge is 0.301 e. The number of rotatable bonds is 9.